The molecule has 7 nitrogen and oxygen atoms in total. The molecule has 0 atom stereocenters. The molecule has 0 aliphatic carbocycles. The van der Waals surface area contributed by atoms with Crippen molar-refractivity contribution >= 4 is 50.8 Å². The van der Waals surface area contributed by atoms with Gasteiger partial charge in [-0.2, -0.15) is 0 Å². The van der Waals surface area contributed by atoms with E-state index in [1.807, 2.05) is 6.07 Å². The Kier molecular flexibility index (Phi) is 11.9. The van der Waals surface area contributed by atoms with Gasteiger partial charge in [0.1, 0.15) is 5.75 Å². The van der Waals surface area contributed by atoms with Gasteiger partial charge >= 0.3 is 0 Å². The summed E-state index contributed by atoms with van der Waals surface area (Å²) in [6, 6.07) is 12.1. The van der Waals surface area contributed by atoms with Crippen LogP contribution in [0.4, 0.5) is 5.69 Å². The van der Waals surface area contributed by atoms with Crippen LogP contribution < -0.4 is 20.7 Å². The number of halogens is 1. The summed E-state index contributed by atoms with van der Waals surface area (Å²) in [5, 5.41) is 8.50. The zero-order chi connectivity index (χ0) is 24.1. The second-order valence-corrected chi connectivity index (χ2v) is 8.61. The number of amides is 2. The van der Waals surface area contributed by atoms with E-state index < -0.39 is 0 Å². The first-order chi connectivity index (χ1) is 15.9. The van der Waals surface area contributed by atoms with Crippen LogP contribution >= 0.6 is 28.1 Å². The third-order valence-corrected chi connectivity index (χ3v) is 5.34. The van der Waals surface area contributed by atoms with Gasteiger partial charge in [-0.25, -0.2) is 0 Å². The first kappa shape index (κ1) is 26.8. The molecule has 0 aliphatic heterocycles. The molecule has 33 heavy (non-hydrogen) atoms. The van der Waals surface area contributed by atoms with Crippen molar-refractivity contribution in [2.75, 3.05) is 32.2 Å². The molecule has 3 N–H and O–H groups in total. The van der Waals surface area contributed by atoms with Gasteiger partial charge in [0.05, 0.1) is 18.8 Å². The van der Waals surface area contributed by atoms with Crippen LogP contribution in [0.5, 0.6) is 5.75 Å². The van der Waals surface area contributed by atoms with Crippen LogP contribution in [-0.4, -0.2) is 43.8 Å². The van der Waals surface area contributed by atoms with Crippen LogP contribution in [0.15, 0.2) is 46.9 Å². The normalized spacial score (nSPS) is 10.4. The summed E-state index contributed by atoms with van der Waals surface area (Å²) < 4.78 is 11.5. The molecule has 0 heterocycles. The number of thiocarbonyl (C=S) groups is 1. The summed E-state index contributed by atoms with van der Waals surface area (Å²) in [6.45, 7) is 3.55. The lowest BCUT2D eigenvalue weighted by Crippen LogP contribution is -2.34. The topological polar surface area (TPSA) is 88.7 Å². The molecule has 0 fully saturated rings. The predicted octanol–water partition coefficient (Wildman–Crippen LogP) is 4.91. The Morgan fingerprint density at radius 2 is 1.85 bits per heavy atom. The predicted molar refractivity (Wildman–Crippen MR) is 138 cm³/mol. The summed E-state index contributed by atoms with van der Waals surface area (Å²) >= 11 is 8.71. The lowest BCUT2D eigenvalue weighted by molar-refractivity contribution is 0.0935. The molecule has 2 amide bonds. The van der Waals surface area contributed by atoms with Gasteiger partial charge < -0.3 is 20.1 Å². The molecule has 0 saturated carbocycles. The largest absolute Gasteiger partial charge is 0.493 e. The molecular formula is C24H30BrN3O4S. The molecule has 9 heteroatoms. The van der Waals surface area contributed by atoms with Crippen LogP contribution in [0.1, 0.15) is 53.3 Å². The van der Waals surface area contributed by atoms with E-state index >= 15 is 0 Å². The zero-order valence-corrected chi connectivity index (χ0v) is 21.3. The maximum absolute atomic E-state index is 12.9. The van der Waals surface area contributed by atoms with Crippen molar-refractivity contribution in [3.05, 3.63) is 58.1 Å². The minimum absolute atomic E-state index is 0.116. The fourth-order valence-electron chi connectivity index (χ4n) is 2.96. The Balaban J connectivity index is 1.98. The SMILES string of the molecule is CCCCCCOc1ccc(Br)cc1C(=O)NC(=S)Nc1cccc(C(=O)NCCOC)c1. The number of unbranched alkanes of at least 4 members (excludes halogenated alkanes) is 3. The molecule has 0 bridgehead atoms. The first-order valence-electron chi connectivity index (χ1n) is 10.9. The number of methoxy groups -OCH3 is 1. The van der Waals surface area contributed by atoms with Crippen molar-refractivity contribution in [2.45, 2.75) is 32.6 Å². The molecule has 0 spiro atoms. The van der Waals surface area contributed by atoms with Crippen molar-refractivity contribution in [1.82, 2.24) is 10.6 Å². The number of hydrogen-bond donors (Lipinski definition) is 3. The Morgan fingerprint density at radius 1 is 1.03 bits per heavy atom. The second-order valence-electron chi connectivity index (χ2n) is 7.29. The fraction of sp³-hybridized carbons (Fsp3) is 0.375. The highest BCUT2D eigenvalue weighted by Gasteiger charge is 2.15. The van der Waals surface area contributed by atoms with Gasteiger partial charge in [-0.15, -0.1) is 0 Å². The second kappa shape index (κ2) is 14.6. The van der Waals surface area contributed by atoms with E-state index in [9.17, 15) is 9.59 Å². The summed E-state index contributed by atoms with van der Waals surface area (Å²) in [4.78, 5) is 25.1. The van der Waals surface area contributed by atoms with Crippen molar-refractivity contribution in [3.63, 3.8) is 0 Å². The molecule has 2 aromatic rings. The van der Waals surface area contributed by atoms with E-state index in [0.29, 0.717) is 42.3 Å². The minimum atomic E-state index is -0.383. The van der Waals surface area contributed by atoms with Crippen LogP contribution in [0.3, 0.4) is 0 Å². The number of benzene rings is 2. The minimum Gasteiger partial charge on any atom is -0.493 e. The summed E-state index contributed by atoms with van der Waals surface area (Å²) in [5.41, 5.74) is 1.44. The lowest BCUT2D eigenvalue weighted by Gasteiger charge is -2.14. The van der Waals surface area contributed by atoms with Crippen molar-refractivity contribution in [1.29, 1.82) is 0 Å². The smallest absolute Gasteiger partial charge is 0.261 e. The molecule has 0 aliphatic rings. The molecular weight excluding hydrogens is 506 g/mol. The standard InChI is InChI=1S/C24H30BrN3O4S/c1-3-4-5-6-13-32-21-11-10-18(25)16-20(21)23(30)28-24(33)27-19-9-7-8-17(15-19)22(29)26-12-14-31-2/h7-11,15-16H,3-6,12-14H2,1-2H3,(H,26,29)(H2,27,28,30,33). The van der Waals surface area contributed by atoms with E-state index in [2.05, 4.69) is 38.8 Å². The molecule has 2 rings (SSSR count). The van der Waals surface area contributed by atoms with E-state index in [1.54, 1.807) is 43.5 Å². The fourth-order valence-corrected chi connectivity index (χ4v) is 3.53. The third-order valence-electron chi connectivity index (χ3n) is 4.64. The van der Waals surface area contributed by atoms with Gasteiger partial charge in [0.2, 0.25) is 0 Å². The maximum atomic E-state index is 12.9. The number of hydrogen-bond acceptors (Lipinski definition) is 5. The zero-order valence-electron chi connectivity index (χ0n) is 18.9. The van der Waals surface area contributed by atoms with Gasteiger partial charge in [-0.3, -0.25) is 14.9 Å². The number of ether oxygens (including phenoxy) is 2. The van der Waals surface area contributed by atoms with Gasteiger partial charge in [-0.05, 0) is 55.0 Å². The maximum Gasteiger partial charge on any atom is 0.261 e. The Morgan fingerprint density at radius 3 is 2.61 bits per heavy atom. The van der Waals surface area contributed by atoms with Crippen molar-refractivity contribution in [2.24, 2.45) is 0 Å². The van der Waals surface area contributed by atoms with E-state index in [4.69, 9.17) is 21.7 Å². The van der Waals surface area contributed by atoms with Crippen LogP contribution in [0, 0.1) is 0 Å². The highest BCUT2D eigenvalue weighted by molar-refractivity contribution is 9.10. The number of carbonyl (C=O) groups excluding carboxylic acids is 2. The third kappa shape index (κ3) is 9.49. The van der Waals surface area contributed by atoms with Crippen molar-refractivity contribution < 1.29 is 19.1 Å². The molecule has 0 saturated heterocycles. The van der Waals surface area contributed by atoms with Crippen LogP contribution in [0.2, 0.25) is 0 Å². The molecule has 0 radical (unpaired) electrons. The number of rotatable bonds is 12. The molecule has 0 aromatic heterocycles. The molecule has 2 aromatic carbocycles. The monoisotopic (exact) mass is 535 g/mol. The van der Waals surface area contributed by atoms with Crippen LogP contribution in [-0.2, 0) is 4.74 Å². The Bertz CT molecular complexity index is 955. The Labute approximate surface area is 208 Å². The van der Waals surface area contributed by atoms with Gasteiger partial charge in [-0.1, -0.05) is 48.2 Å². The number of anilines is 1. The quantitative estimate of drug-likeness (QED) is 0.264. The van der Waals surface area contributed by atoms with E-state index in [1.165, 1.54) is 0 Å². The van der Waals surface area contributed by atoms with Gasteiger partial charge in [0, 0.05) is 29.4 Å². The van der Waals surface area contributed by atoms with E-state index in [0.717, 1.165) is 30.2 Å². The summed E-state index contributed by atoms with van der Waals surface area (Å²) in [7, 11) is 1.57. The average molecular weight is 536 g/mol. The first-order valence-corrected chi connectivity index (χ1v) is 12.1. The van der Waals surface area contributed by atoms with Gasteiger partial charge in [0.25, 0.3) is 11.8 Å². The molecule has 178 valence electrons. The number of nitrogens with one attached hydrogen (secondary N) is 3. The van der Waals surface area contributed by atoms with Gasteiger partial charge in [0.15, 0.2) is 5.11 Å². The average Bonchev–Trinajstić information content (AvgIpc) is 2.79. The summed E-state index contributed by atoms with van der Waals surface area (Å²) in [6.07, 6.45) is 4.33. The highest BCUT2D eigenvalue weighted by Crippen LogP contribution is 2.24. The summed E-state index contributed by atoms with van der Waals surface area (Å²) in [5.74, 6) is -0.101. The van der Waals surface area contributed by atoms with Crippen LogP contribution in [0.25, 0.3) is 0 Å². The molecule has 0 unspecified atom stereocenters. The Hall–Kier alpha value is -2.49. The van der Waals surface area contributed by atoms with E-state index in [-0.39, 0.29) is 16.9 Å². The van der Waals surface area contributed by atoms with Crippen molar-refractivity contribution in [3.8, 4) is 5.75 Å². The lowest BCUT2D eigenvalue weighted by atomic mass is 10.2. The highest BCUT2D eigenvalue weighted by atomic mass is 79.9. The number of carbonyl (C=O) groups is 2.